The van der Waals surface area contributed by atoms with Crippen molar-refractivity contribution in [3.8, 4) is 5.75 Å². The highest BCUT2D eigenvalue weighted by Gasteiger charge is 2.29. The number of nitrogens with zero attached hydrogens (tertiary/aromatic N) is 1. The lowest BCUT2D eigenvalue weighted by Gasteiger charge is -2.25. The molecule has 1 saturated heterocycles. The average Bonchev–Trinajstić information content (AvgIpc) is 3.07. The van der Waals surface area contributed by atoms with E-state index in [1.165, 1.54) is 12.1 Å². The molecule has 5 heteroatoms. The van der Waals surface area contributed by atoms with E-state index in [0.29, 0.717) is 0 Å². The Kier molecular flexibility index (Phi) is 5.08. The number of ether oxygens (including phenoxy) is 1. The molecule has 2 aromatic carbocycles. The number of amides is 1. The molecular formula is C19H19F2NO2. The number of benzene rings is 2. The lowest BCUT2D eigenvalue weighted by molar-refractivity contribution is -0.131. The molecule has 1 heterocycles. The number of alkyl halides is 2. The Morgan fingerprint density at radius 1 is 1.12 bits per heavy atom. The fourth-order valence-electron chi connectivity index (χ4n) is 3.15. The molecule has 0 spiro atoms. The fourth-order valence-corrected chi connectivity index (χ4v) is 3.15. The summed E-state index contributed by atoms with van der Waals surface area (Å²) in [7, 11) is 0. The topological polar surface area (TPSA) is 29.5 Å². The third-order valence-corrected chi connectivity index (χ3v) is 4.26. The van der Waals surface area contributed by atoms with Gasteiger partial charge in [-0.05, 0) is 36.1 Å². The summed E-state index contributed by atoms with van der Waals surface area (Å²) in [6.45, 7) is -2.08. The Balaban J connectivity index is 1.66. The Labute approximate surface area is 139 Å². The number of hydrogen-bond donors (Lipinski definition) is 0. The summed E-state index contributed by atoms with van der Waals surface area (Å²) in [6.07, 6.45) is 2.22. The Hall–Kier alpha value is -2.43. The molecule has 0 bridgehead atoms. The van der Waals surface area contributed by atoms with Crippen LogP contribution in [0, 0.1) is 0 Å². The fraction of sp³-hybridized carbons (Fsp3) is 0.316. The van der Waals surface area contributed by atoms with Crippen LogP contribution in [-0.2, 0) is 11.2 Å². The van der Waals surface area contributed by atoms with Gasteiger partial charge in [-0.1, -0.05) is 42.5 Å². The maximum atomic E-state index is 12.6. The van der Waals surface area contributed by atoms with E-state index in [9.17, 15) is 13.6 Å². The van der Waals surface area contributed by atoms with Gasteiger partial charge in [0.1, 0.15) is 5.75 Å². The summed E-state index contributed by atoms with van der Waals surface area (Å²) in [5, 5.41) is 0. The molecular weight excluding hydrogens is 312 g/mol. The van der Waals surface area contributed by atoms with Crippen molar-refractivity contribution in [1.82, 2.24) is 4.90 Å². The maximum Gasteiger partial charge on any atom is 0.387 e. The van der Waals surface area contributed by atoms with Crippen molar-refractivity contribution in [2.75, 3.05) is 6.54 Å². The van der Waals surface area contributed by atoms with Gasteiger partial charge in [0, 0.05) is 6.54 Å². The van der Waals surface area contributed by atoms with Crippen LogP contribution in [0.3, 0.4) is 0 Å². The quantitative estimate of drug-likeness (QED) is 0.822. The zero-order chi connectivity index (χ0) is 16.9. The van der Waals surface area contributed by atoms with E-state index < -0.39 is 6.61 Å². The second-order valence-corrected chi connectivity index (χ2v) is 5.86. The minimum absolute atomic E-state index is 0.0591. The average molecular weight is 331 g/mol. The predicted molar refractivity (Wildman–Crippen MR) is 86.9 cm³/mol. The van der Waals surface area contributed by atoms with Crippen LogP contribution >= 0.6 is 0 Å². The lowest BCUT2D eigenvalue weighted by atomic mass is 10.0. The third-order valence-electron chi connectivity index (χ3n) is 4.26. The highest BCUT2D eigenvalue weighted by atomic mass is 19.3. The first-order valence-corrected chi connectivity index (χ1v) is 8.01. The molecule has 2 aromatic rings. The van der Waals surface area contributed by atoms with E-state index >= 15 is 0 Å². The van der Waals surface area contributed by atoms with Crippen molar-refractivity contribution >= 4 is 5.91 Å². The molecule has 3 rings (SSSR count). The van der Waals surface area contributed by atoms with Crippen LogP contribution in [0.1, 0.15) is 30.0 Å². The van der Waals surface area contributed by atoms with Crippen LogP contribution in [0.5, 0.6) is 5.75 Å². The van der Waals surface area contributed by atoms with Crippen molar-refractivity contribution in [1.29, 1.82) is 0 Å². The van der Waals surface area contributed by atoms with Gasteiger partial charge in [-0.25, -0.2) is 0 Å². The van der Waals surface area contributed by atoms with Gasteiger partial charge in [0.25, 0.3) is 0 Å². The van der Waals surface area contributed by atoms with Gasteiger partial charge in [-0.3, -0.25) is 4.79 Å². The zero-order valence-corrected chi connectivity index (χ0v) is 13.2. The van der Waals surface area contributed by atoms with E-state index in [2.05, 4.69) is 4.74 Å². The molecule has 0 aromatic heterocycles. The van der Waals surface area contributed by atoms with Crippen molar-refractivity contribution in [2.24, 2.45) is 0 Å². The van der Waals surface area contributed by atoms with Crippen molar-refractivity contribution in [3.63, 3.8) is 0 Å². The molecule has 1 aliphatic rings. The van der Waals surface area contributed by atoms with Gasteiger partial charge in [-0.15, -0.1) is 0 Å². The van der Waals surface area contributed by atoms with Crippen LogP contribution in [0.4, 0.5) is 8.78 Å². The van der Waals surface area contributed by atoms with Gasteiger partial charge < -0.3 is 9.64 Å². The standard InChI is InChI=1S/C19H19F2NO2/c20-19(21)24-16-10-8-14(9-11-16)13-18(23)22-12-4-7-17(22)15-5-2-1-3-6-15/h1-3,5-6,8-11,17,19H,4,7,12-13H2. The van der Waals surface area contributed by atoms with Crippen LogP contribution < -0.4 is 4.74 Å². The number of halogens is 2. The van der Waals surface area contributed by atoms with Gasteiger partial charge in [-0.2, -0.15) is 8.78 Å². The Morgan fingerprint density at radius 2 is 1.83 bits per heavy atom. The third kappa shape index (κ3) is 3.91. The van der Waals surface area contributed by atoms with E-state index in [-0.39, 0.29) is 24.1 Å². The summed E-state index contributed by atoms with van der Waals surface area (Å²) in [6, 6.07) is 16.4. The summed E-state index contributed by atoms with van der Waals surface area (Å²) < 4.78 is 28.6. The number of rotatable bonds is 5. The summed E-state index contributed by atoms with van der Waals surface area (Å²) in [5.74, 6) is 0.161. The summed E-state index contributed by atoms with van der Waals surface area (Å²) in [5.41, 5.74) is 1.95. The first kappa shape index (κ1) is 16.4. The molecule has 1 fully saturated rings. The number of carbonyl (C=O) groups excluding carboxylic acids is 1. The molecule has 1 unspecified atom stereocenters. The van der Waals surface area contributed by atoms with Gasteiger partial charge in [0.2, 0.25) is 5.91 Å². The largest absolute Gasteiger partial charge is 0.435 e. The van der Waals surface area contributed by atoms with Gasteiger partial charge in [0.05, 0.1) is 12.5 Å². The monoisotopic (exact) mass is 331 g/mol. The second-order valence-electron chi connectivity index (χ2n) is 5.86. The highest BCUT2D eigenvalue weighted by molar-refractivity contribution is 5.79. The van der Waals surface area contributed by atoms with Crippen molar-refractivity contribution < 1.29 is 18.3 Å². The summed E-state index contributed by atoms with van der Waals surface area (Å²) in [4.78, 5) is 14.6. The molecule has 1 aliphatic heterocycles. The van der Waals surface area contributed by atoms with Crippen LogP contribution in [-0.4, -0.2) is 24.0 Å². The number of hydrogen-bond acceptors (Lipinski definition) is 2. The SMILES string of the molecule is O=C(Cc1ccc(OC(F)F)cc1)N1CCCC1c1ccccc1. The second kappa shape index (κ2) is 7.43. The highest BCUT2D eigenvalue weighted by Crippen LogP contribution is 2.32. The number of likely N-dealkylation sites (tertiary alicyclic amines) is 1. The van der Waals surface area contributed by atoms with E-state index in [4.69, 9.17) is 0 Å². The van der Waals surface area contributed by atoms with E-state index in [1.807, 2.05) is 35.2 Å². The van der Waals surface area contributed by atoms with Crippen LogP contribution in [0.25, 0.3) is 0 Å². The van der Waals surface area contributed by atoms with E-state index in [0.717, 1.165) is 30.5 Å². The minimum Gasteiger partial charge on any atom is -0.435 e. The molecule has 1 atom stereocenters. The molecule has 0 radical (unpaired) electrons. The zero-order valence-electron chi connectivity index (χ0n) is 13.2. The predicted octanol–water partition coefficient (Wildman–Crippen LogP) is 4.19. The van der Waals surface area contributed by atoms with E-state index in [1.54, 1.807) is 12.1 Å². The molecule has 0 aliphatic carbocycles. The minimum atomic E-state index is -2.84. The van der Waals surface area contributed by atoms with Gasteiger partial charge in [0.15, 0.2) is 0 Å². The normalized spacial score (nSPS) is 17.3. The van der Waals surface area contributed by atoms with Crippen LogP contribution in [0.2, 0.25) is 0 Å². The number of carbonyl (C=O) groups is 1. The molecule has 0 saturated carbocycles. The molecule has 0 N–H and O–H groups in total. The van der Waals surface area contributed by atoms with Crippen molar-refractivity contribution in [2.45, 2.75) is 31.9 Å². The molecule has 24 heavy (non-hydrogen) atoms. The Bertz CT molecular complexity index is 674. The molecule has 3 nitrogen and oxygen atoms in total. The smallest absolute Gasteiger partial charge is 0.387 e. The summed E-state index contributed by atoms with van der Waals surface area (Å²) >= 11 is 0. The molecule has 1 amide bonds. The first-order chi connectivity index (χ1) is 11.6. The van der Waals surface area contributed by atoms with Crippen LogP contribution in [0.15, 0.2) is 54.6 Å². The first-order valence-electron chi connectivity index (χ1n) is 8.01. The Morgan fingerprint density at radius 3 is 2.50 bits per heavy atom. The van der Waals surface area contributed by atoms with Crippen molar-refractivity contribution in [3.05, 3.63) is 65.7 Å². The maximum absolute atomic E-state index is 12.6. The molecule has 126 valence electrons. The van der Waals surface area contributed by atoms with Gasteiger partial charge >= 0.3 is 6.61 Å². The lowest BCUT2D eigenvalue weighted by Crippen LogP contribution is -2.31.